The van der Waals surface area contributed by atoms with Crippen LogP contribution in [0.25, 0.3) is 0 Å². The molecule has 0 radical (unpaired) electrons. The van der Waals surface area contributed by atoms with Crippen molar-refractivity contribution in [2.45, 2.75) is 13.8 Å². The lowest BCUT2D eigenvalue weighted by Gasteiger charge is -2.04. The van der Waals surface area contributed by atoms with Gasteiger partial charge in [0.25, 0.3) is 0 Å². The van der Waals surface area contributed by atoms with Gasteiger partial charge < -0.3 is 0 Å². The number of hydrogen-bond donors (Lipinski definition) is 1. The molecule has 0 spiro atoms. The van der Waals surface area contributed by atoms with Crippen LogP contribution in [-0.2, 0) is 10.0 Å². The van der Waals surface area contributed by atoms with E-state index in [9.17, 15) is 8.42 Å². The molecule has 0 saturated carbocycles. The molecule has 72 valence electrons. The van der Waals surface area contributed by atoms with Crippen molar-refractivity contribution in [1.29, 1.82) is 0 Å². The summed E-state index contributed by atoms with van der Waals surface area (Å²) < 4.78 is 24.5. The van der Waals surface area contributed by atoms with E-state index in [1.807, 2.05) is 0 Å². The van der Waals surface area contributed by atoms with Crippen LogP contribution in [0.3, 0.4) is 0 Å². The Bertz CT molecular complexity index is 371. The van der Waals surface area contributed by atoms with Crippen LogP contribution < -0.4 is 4.72 Å². The quantitative estimate of drug-likeness (QED) is 0.775. The van der Waals surface area contributed by atoms with Gasteiger partial charge in [-0.1, -0.05) is 0 Å². The summed E-state index contributed by atoms with van der Waals surface area (Å²) in [6, 6.07) is 0. The van der Waals surface area contributed by atoms with Gasteiger partial charge in [0.2, 0.25) is 10.0 Å². The Morgan fingerprint density at radius 1 is 1.38 bits per heavy atom. The van der Waals surface area contributed by atoms with Crippen molar-refractivity contribution in [3.63, 3.8) is 0 Å². The van der Waals surface area contributed by atoms with Crippen LogP contribution in [0.15, 0.2) is 12.4 Å². The second-order valence-electron chi connectivity index (χ2n) is 2.52. The van der Waals surface area contributed by atoms with Gasteiger partial charge in [-0.25, -0.2) is 18.4 Å². The molecule has 0 aliphatic rings. The smallest absolute Gasteiger partial charge is 0.232 e. The van der Waals surface area contributed by atoms with Gasteiger partial charge in [-0.05, 0) is 13.8 Å². The van der Waals surface area contributed by atoms with Crippen molar-refractivity contribution in [2.24, 2.45) is 0 Å². The number of hydrogen-bond acceptors (Lipinski definition) is 4. The van der Waals surface area contributed by atoms with Crippen LogP contribution in [-0.4, -0.2) is 24.1 Å². The minimum absolute atomic E-state index is 0.0425. The molecule has 1 heterocycles. The highest BCUT2D eigenvalue weighted by Gasteiger charge is 2.06. The summed E-state index contributed by atoms with van der Waals surface area (Å²) in [6.07, 6.45) is 2.88. The Morgan fingerprint density at radius 2 is 1.92 bits per heavy atom. The van der Waals surface area contributed by atoms with Gasteiger partial charge in [0.1, 0.15) is 5.82 Å². The molecule has 0 bridgehead atoms. The van der Waals surface area contributed by atoms with Crippen LogP contribution in [0, 0.1) is 6.92 Å². The SMILES string of the molecule is CCS(=O)(=O)Nc1cnc(C)nc1. The third kappa shape index (κ3) is 2.98. The molecule has 0 atom stereocenters. The zero-order chi connectivity index (χ0) is 9.90. The topological polar surface area (TPSA) is 72.0 Å². The van der Waals surface area contributed by atoms with Crippen molar-refractivity contribution < 1.29 is 8.42 Å². The zero-order valence-electron chi connectivity index (χ0n) is 7.48. The summed E-state index contributed by atoms with van der Waals surface area (Å²) in [7, 11) is -3.22. The number of aryl methyl sites for hydroxylation is 1. The summed E-state index contributed by atoms with van der Waals surface area (Å²) in [5.41, 5.74) is 0.396. The highest BCUT2D eigenvalue weighted by molar-refractivity contribution is 7.92. The number of nitrogens with one attached hydrogen (secondary N) is 1. The molecule has 0 amide bonds. The second-order valence-corrected chi connectivity index (χ2v) is 4.54. The van der Waals surface area contributed by atoms with Crippen molar-refractivity contribution in [1.82, 2.24) is 9.97 Å². The highest BCUT2D eigenvalue weighted by Crippen LogP contribution is 2.05. The first kappa shape index (κ1) is 9.91. The Hall–Kier alpha value is -1.17. The van der Waals surface area contributed by atoms with E-state index in [-0.39, 0.29) is 5.75 Å². The van der Waals surface area contributed by atoms with Crippen molar-refractivity contribution in [2.75, 3.05) is 10.5 Å². The number of anilines is 1. The molecule has 0 fully saturated rings. The fourth-order valence-electron chi connectivity index (χ4n) is 0.697. The molecule has 0 aromatic carbocycles. The standard InChI is InChI=1S/C7H11N3O2S/c1-3-13(11,12)10-7-4-8-6(2)9-5-7/h4-5,10H,3H2,1-2H3. The van der Waals surface area contributed by atoms with Gasteiger partial charge >= 0.3 is 0 Å². The number of rotatable bonds is 3. The summed E-state index contributed by atoms with van der Waals surface area (Å²) in [5.74, 6) is 0.653. The highest BCUT2D eigenvalue weighted by atomic mass is 32.2. The average molecular weight is 201 g/mol. The maximum atomic E-state index is 11.1. The molecule has 1 aromatic rings. The Labute approximate surface area is 77.3 Å². The normalized spacial score (nSPS) is 11.2. The lowest BCUT2D eigenvalue weighted by molar-refractivity contribution is 0.602. The second kappa shape index (κ2) is 3.69. The molecule has 1 N–H and O–H groups in total. The van der Waals surface area contributed by atoms with Gasteiger partial charge in [-0.15, -0.1) is 0 Å². The van der Waals surface area contributed by atoms with E-state index in [1.54, 1.807) is 13.8 Å². The van der Waals surface area contributed by atoms with Gasteiger partial charge in [-0.3, -0.25) is 4.72 Å². The van der Waals surface area contributed by atoms with Crippen LogP contribution in [0.1, 0.15) is 12.7 Å². The van der Waals surface area contributed by atoms with Crippen LogP contribution in [0.2, 0.25) is 0 Å². The van der Waals surface area contributed by atoms with Crippen LogP contribution in [0.4, 0.5) is 5.69 Å². The van der Waals surface area contributed by atoms with Gasteiger partial charge in [-0.2, -0.15) is 0 Å². The zero-order valence-corrected chi connectivity index (χ0v) is 8.30. The van der Waals surface area contributed by atoms with Gasteiger partial charge in [0.05, 0.1) is 23.8 Å². The first-order valence-electron chi connectivity index (χ1n) is 3.82. The van der Waals surface area contributed by atoms with Gasteiger partial charge in [0.15, 0.2) is 0 Å². The molecule has 0 saturated heterocycles. The first-order chi connectivity index (χ1) is 6.03. The fourth-order valence-corrected chi connectivity index (χ4v) is 1.31. The van der Waals surface area contributed by atoms with Crippen LogP contribution >= 0.6 is 0 Å². The molecule has 5 nitrogen and oxygen atoms in total. The van der Waals surface area contributed by atoms with E-state index in [4.69, 9.17) is 0 Å². The van der Waals surface area contributed by atoms with E-state index < -0.39 is 10.0 Å². The third-order valence-electron chi connectivity index (χ3n) is 1.43. The third-order valence-corrected chi connectivity index (χ3v) is 2.74. The molecule has 1 rings (SSSR count). The maximum Gasteiger partial charge on any atom is 0.232 e. The molecular formula is C7H11N3O2S. The van der Waals surface area contributed by atoms with E-state index in [1.165, 1.54) is 12.4 Å². The molecule has 1 aromatic heterocycles. The number of nitrogens with zero attached hydrogens (tertiary/aromatic N) is 2. The Morgan fingerprint density at radius 3 is 2.38 bits per heavy atom. The Kier molecular flexibility index (Phi) is 2.82. The lowest BCUT2D eigenvalue weighted by Crippen LogP contribution is -2.14. The van der Waals surface area contributed by atoms with E-state index in [0.29, 0.717) is 11.5 Å². The monoisotopic (exact) mass is 201 g/mol. The Balaban J connectivity index is 2.82. The number of sulfonamides is 1. The lowest BCUT2D eigenvalue weighted by atomic mass is 10.5. The molecule has 13 heavy (non-hydrogen) atoms. The van der Waals surface area contributed by atoms with Gasteiger partial charge in [0, 0.05) is 0 Å². The summed E-state index contributed by atoms with van der Waals surface area (Å²) in [6.45, 7) is 3.30. The number of aromatic nitrogens is 2. The van der Waals surface area contributed by atoms with E-state index in [2.05, 4.69) is 14.7 Å². The summed E-state index contributed by atoms with van der Waals surface area (Å²) >= 11 is 0. The fraction of sp³-hybridized carbons (Fsp3) is 0.429. The minimum Gasteiger partial charge on any atom is -0.280 e. The van der Waals surface area contributed by atoms with Crippen molar-refractivity contribution in [3.8, 4) is 0 Å². The first-order valence-corrected chi connectivity index (χ1v) is 5.48. The van der Waals surface area contributed by atoms with E-state index >= 15 is 0 Å². The largest absolute Gasteiger partial charge is 0.280 e. The van der Waals surface area contributed by atoms with Crippen molar-refractivity contribution in [3.05, 3.63) is 18.2 Å². The van der Waals surface area contributed by atoms with Crippen LogP contribution in [0.5, 0.6) is 0 Å². The molecule has 6 heteroatoms. The van der Waals surface area contributed by atoms with E-state index in [0.717, 1.165) is 0 Å². The molecule has 0 aliphatic heterocycles. The summed E-state index contributed by atoms with van der Waals surface area (Å²) in [5, 5.41) is 0. The summed E-state index contributed by atoms with van der Waals surface area (Å²) in [4.78, 5) is 7.72. The molecule has 0 unspecified atom stereocenters. The molecule has 0 aliphatic carbocycles. The average Bonchev–Trinajstić information content (AvgIpc) is 2.09. The minimum atomic E-state index is -3.22. The molecular weight excluding hydrogens is 190 g/mol. The predicted octanol–water partition coefficient (Wildman–Crippen LogP) is 0.547. The maximum absolute atomic E-state index is 11.1. The predicted molar refractivity (Wildman–Crippen MR) is 49.9 cm³/mol. The van der Waals surface area contributed by atoms with Crippen molar-refractivity contribution >= 4 is 15.7 Å².